The molecule has 0 spiro atoms. The standard InChI is InChI=1S/C26H27N5O5/c1-36-19-4-2-3-16-14(19)9-18(28-16)22(32)29-17(7-12-5-6-12)23(33)31-26(11-27)10-13-8-15(26)21-20(13)24(34)30-25(21)35/h2-4,9,12-13,15,17,20-21,28H,5-8,10H2,1H3,(H,29,32)(H,31,33)(H,30,34,35). The van der Waals surface area contributed by atoms with E-state index >= 15 is 0 Å². The van der Waals surface area contributed by atoms with Gasteiger partial charge in [-0.05, 0) is 49.3 Å². The molecule has 6 unspecified atom stereocenters. The van der Waals surface area contributed by atoms with Crippen molar-refractivity contribution in [1.29, 1.82) is 5.26 Å². The Morgan fingerprint density at radius 3 is 2.75 bits per heavy atom. The van der Waals surface area contributed by atoms with E-state index in [4.69, 9.17) is 4.74 Å². The Morgan fingerprint density at radius 1 is 1.25 bits per heavy atom. The Kier molecular flexibility index (Phi) is 5.07. The van der Waals surface area contributed by atoms with E-state index in [9.17, 15) is 24.4 Å². The third kappa shape index (κ3) is 3.45. The Morgan fingerprint density at radius 2 is 2.03 bits per heavy atom. The number of hydrogen-bond acceptors (Lipinski definition) is 6. The van der Waals surface area contributed by atoms with Gasteiger partial charge < -0.3 is 20.4 Å². The SMILES string of the molecule is COc1cccc2[nH]c(C(=O)NC(CC3CC3)C(=O)NC3(C#N)CC4CC3C3C(=O)NC(=O)C43)cc12. The van der Waals surface area contributed by atoms with Crippen molar-refractivity contribution in [3.63, 3.8) is 0 Å². The molecular weight excluding hydrogens is 462 g/mol. The van der Waals surface area contributed by atoms with Gasteiger partial charge in [0.15, 0.2) is 0 Å². The van der Waals surface area contributed by atoms with Crippen molar-refractivity contribution >= 4 is 34.5 Å². The van der Waals surface area contributed by atoms with Crippen LogP contribution in [0.3, 0.4) is 0 Å². The maximum atomic E-state index is 13.5. The number of carbonyl (C=O) groups is 4. The topological polar surface area (TPSA) is 153 Å². The number of aromatic nitrogens is 1. The molecule has 4 fully saturated rings. The number of amides is 4. The summed E-state index contributed by atoms with van der Waals surface area (Å²) in [6, 6.07) is 8.61. The minimum Gasteiger partial charge on any atom is -0.496 e. The molecule has 2 aromatic rings. The summed E-state index contributed by atoms with van der Waals surface area (Å²) < 4.78 is 5.37. The largest absolute Gasteiger partial charge is 0.496 e. The van der Waals surface area contributed by atoms with Gasteiger partial charge in [-0.1, -0.05) is 18.9 Å². The van der Waals surface area contributed by atoms with E-state index in [0.717, 1.165) is 23.7 Å². The molecule has 3 saturated carbocycles. The molecule has 2 bridgehead atoms. The van der Waals surface area contributed by atoms with Gasteiger partial charge in [0.25, 0.3) is 5.91 Å². The van der Waals surface area contributed by atoms with E-state index in [-0.39, 0.29) is 17.7 Å². The molecule has 4 N–H and O–H groups in total. The van der Waals surface area contributed by atoms with Crippen LogP contribution in [0.2, 0.25) is 0 Å². The smallest absolute Gasteiger partial charge is 0.268 e. The van der Waals surface area contributed by atoms with Crippen LogP contribution in [-0.2, 0) is 14.4 Å². The molecule has 6 rings (SSSR count). The van der Waals surface area contributed by atoms with Gasteiger partial charge in [-0.2, -0.15) is 5.26 Å². The number of hydrogen-bond donors (Lipinski definition) is 4. The number of fused-ring (bicyclic) bond motifs is 6. The summed E-state index contributed by atoms with van der Waals surface area (Å²) in [6.07, 6.45) is 3.33. The second-order valence-electron chi connectivity index (χ2n) is 10.6. The number of aromatic amines is 1. The van der Waals surface area contributed by atoms with Crippen LogP contribution < -0.4 is 20.7 Å². The van der Waals surface area contributed by atoms with E-state index in [1.165, 1.54) is 0 Å². The van der Waals surface area contributed by atoms with Crippen LogP contribution in [-0.4, -0.2) is 47.3 Å². The molecule has 3 aliphatic carbocycles. The van der Waals surface area contributed by atoms with E-state index in [2.05, 4.69) is 27.0 Å². The molecule has 4 amide bonds. The molecule has 186 valence electrons. The van der Waals surface area contributed by atoms with Gasteiger partial charge in [-0.25, -0.2) is 0 Å². The first kappa shape index (κ1) is 22.6. The average molecular weight is 490 g/mol. The van der Waals surface area contributed by atoms with Crippen molar-refractivity contribution < 1.29 is 23.9 Å². The predicted octanol–water partition coefficient (Wildman–Crippen LogP) is 1.38. The molecule has 0 radical (unpaired) electrons. The maximum absolute atomic E-state index is 13.5. The van der Waals surface area contributed by atoms with Gasteiger partial charge in [-0.3, -0.25) is 24.5 Å². The van der Waals surface area contributed by atoms with E-state index in [0.29, 0.717) is 36.6 Å². The summed E-state index contributed by atoms with van der Waals surface area (Å²) in [7, 11) is 1.56. The quantitative estimate of drug-likeness (QED) is 0.431. The Balaban J connectivity index is 1.22. The minimum absolute atomic E-state index is 0.121. The monoisotopic (exact) mass is 489 g/mol. The number of nitrogens with one attached hydrogen (secondary N) is 4. The highest BCUT2D eigenvalue weighted by atomic mass is 16.5. The maximum Gasteiger partial charge on any atom is 0.268 e. The first-order valence-corrected chi connectivity index (χ1v) is 12.4. The van der Waals surface area contributed by atoms with Gasteiger partial charge in [-0.15, -0.1) is 0 Å². The summed E-state index contributed by atoms with van der Waals surface area (Å²) in [4.78, 5) is 54.4. The minimum atomic E-state index is -1.23. The molecule has 36 heavy (non-hydrogen) atoms. The fourth-order valence-corrected chi connectivity index (χ4v) is 6.65. The highest BCUT2D eigenvalue weighted by molar-refractivity contribution is 6.06. The Hall–Kier alpha value is -3.87. The number of nitrogens with zero attached hydrogens (tertiary/aromatic N) is 1. The zero-order valence-electron chi connectivity index (χ0n) is 19.8. The Bertz CT molecular complexity index is 1340. The summed E-state index contributed by atoms with van der Waals surface area (Å²) in [5, 5.41) is 19.1. The third-order valence-electron chi connectivity index (χ3n) is 8.48. The molecule has 2 heterocycles. The molecule has 1 aliphatic heterocycles. The second-order valence-corrected chi connectivity index (χ2v) is 10.6. The summed E-state index contributed by atoms with van der Waals surface area (Å²) in [5.41, 5.74) is -0.180. The van der Waals surface area contributed by atoms with Crippen LogP contribution in [0.5, 0.6) is 5.75 Å². The number of carbonyl (C=O) groups excluding carboxylic acids is 4. The zero-order chi connectivity index (χ0) is 25.2. The lowest BCUT2D eigenvalue weighted by atomic mass is 9.71. The van der Waals surface area contributed by atoms with E-state index < -0.39 is 41.1 Å². The fraction of sp³-hybridized carbons (Fsp3) is 0.500. The molecule has 1 aromatic heterocycles. The van der Waals surface area contributed by atoms with Crippen molar-refractivity contribution in [2.24, 2.45) is 29.6 Å². The van der Waals surface area contributed by atoms with E-state index in [1.54, 1.807) is 19.2 Å². The van der Waals surface area contributed by atoms with Crippen molar-refractivity contribution in [3.8, 4) is 11.8 Å². The number of H-pyrrole nitrogens is 1. The summed E-state index contributed by atoms with van der Waals surface area (Å²) >= 11 is 0. The van der Waals surface area contributed by atoms with Crippen LogP contribution in [0.1, 0.15) is 42.6 Å². The normalized spacial score (nSPS) is 31.0. The van der Waals surface area contributed by atoms with Crippen LogP contribution >= 0.6 is 0 Å². The number of rotatable bonds is 7. The molecule has 1 aromatic carbocycles. The lowest BCUT2D eigenvalue weighted by Crippen LogP contribution is -2.59. The second kappa shape index (κ2) is 8.08. The van der Waals surface area contributed by atoms with E-state index in [1.807, 2.05) is 12.1 Å². The van der Waals surface area contributed by atoms with Crippen molar-refractivity contribution in [1.82, 2.24) is 20.9 Å². The molecule has 10 heteroatoms. The van der Waals surface area contributed by atoms with Crippen molar-refractivity contribution in [2.75, 3.05) is 7.11 Å². The molecule has 6 atom stereocenters. The number of ether oxygens (including phenoxy) is 1. The van der Waals surface area contributed by atoms with Gasteiger partial charge in [0.05, 0.1) is 25.0 Å². The summed E-state index contributed by atoms with van der Waals surface area (Å²) in [6.45, 7) is 0. The van der Waals surface area contributed by atoms with Crippen LogP contribution in [0, 0.1) is 40.9 Å². The predicted molar refractivity (Wildman–Crippen MR) is 126 cm³/mol. The van der Waals surface area contributed by atoms with Crippen molar-refractivity contribution in [2.45, 2.75) is 43.7 Å². The fourth-order valence-electron chi connectivity index (χ4n) is 6.65. The molecular formula is C26H27N5O5. The van der Waals surface area contributed by atoms with Crippen LogP contribution in [0.15, 0.2) is 24.3 Å². The number of nitriles is 1. The van der Waals surface area contributed by atoms with Gasteiger partial charge in [0.1, 0.15) is 23.0 Å². The number of benzene rings is 1. The van der Waals surface area contributed by atoms with Gasteiger partial charge in [0, 0.05) is 16.8 Å². The lowest BCUT2D eigenvalue weighted by molar-refractivity contribution is -0.129. The average Bonchev–Trinajstić information content (AvgIpc) is 3.19. The highest BCUT2D eigenvalue weighted by Crippen LogP contribution is 2.58. The zero-order valence-corrected chi connectivity index (χ0v) is 19.8. The summed E-state index contributed by atoms with van der Waals surface area (Å²) in [5.74, 6) is -2.06. The lowest BCUT2D eigenvalue weighted by Gasteiger charge is -2.37. The van der Waals surface area contributed by atoms with Gasteiger partial charge in [0.2, 0.25) is 17.7 Å². The first-order valence-electron chi connectivity index (χ1n) is 12.4. The number of imide groups is 1. The molecule has 1 saturated heterocycles. The van der Waals surface area contributed by atoms with Gasteiger partial charge >= 0.3 is 0 Å². The molecule has 4 aliphatic rings. The first-order chi connectivity index (χ1) is 17.3. The van der Waals surface area contributed by atoms with Crippen molar-refractivity contribution in [3.05, 3.63) is 30.0 Å². The number of methoxy groups -OCH3 is 1. The molecule has 10 nitrogen and oxygen atoms in total. The highest BCUT2D eigenvalue weighted by Gasteiger charge is 2.67. The Labute approximate surface area is 207 Å². The third-order valence-corrected chi connectivity index (χ3v) is 8.48. The van der Waals surface area contributed by atoms with Crippen LogP contribution in [0.25, 0.3) is 10.9 Å². The van der Waals surface area contributed by atoms with Crippen LogP contribution in [0.4, 0.5) is 0 Å².